The Kier molecular flexibility index (Phi) is 5.98. The van der Waals surface area contributed by atoms with Crippen molar-refractivity contribution in [1.29, 1.82) is 0 Å². The summed E-state index contributed by atoms with van der Waals surface area (Å²) < 4.78 is 37.2. The van der Waals surface area contributed by atoms with E-state index >= 15 is 0 Å². The number of H-pyrrole nitrogens is 1. The fourth-order valence-electron chi connectivity index (χ4n) is 2.81. The first-order valence-electron chi connectivity index (χ1n) is 7.88. The summed E-state index contributed by atoms with van der Waals surface area (Å²) >= 11 is 0. The quantitative estimate of drug-likeness (QED) is 0.681. The molecule has 0 spiro atoms. The van der Waals surface area contributed by atoms with Crippen LogP contribution in [-0.4, -0.2) is 57.6 Å². The number of hydrogen-bond donors (Lipinski definition) is 3. The van der Waals surface area contributed by atoms with Gasteiger partial charge in [0, 0.05) is 32.0 Å². The summed E-state index contributed by atoms with van der Waals surface area (Å²) in [6.45, 7) is 1.84. The zero-order chi connectivity index (χ0) is 18.6. The average molecular weight is 362 g/mol. The summed E-state index contributed by atoms with van der Waals surface area (Å²) in [6, 6.07) is 0.199. The van der Waals surface area contributed by atoms with E-state index in [2.05, 4.69) is 25.8 Å². The lowest BCUT2D eigenvalue weighted by Crippen LogP contribution is -2.42. The van der Waals surface area contributed by atoms with Crippen LogP contribution in [0.5, 0.6) is 0 Å². The number of carbonyl (C=O) groups excluding carboxylic acids is 2. The monoisotopic (exact) mass is 362 g/mol. The zero-order valence-corrected chi connectivity index (χ0v) is 14.0. The molecule has 25 heavy (non-hydrogen) atoms. The maximum atomic E-state index is 12.4. The fourth-order valence-corrected chi connectivity index (χ4v) is 2.81. The Labute approximate surface area is 142 Å². The number of carbonyl (C=O) groups is 2. The predicted octanol–water partition coefficient (Wildman–Crippen LogP) is 0.429. The first-order valence-corrected chi connectivity index (χ1v) is 7.88. The molecule has 1 aromatic rings. The number of alkyl halides is 3. The van der Waals surface area contributed by atoms with Gasteiger partial charge < -0.3 is 10.6 Å². The molecular formula is C14H21F3N6O2. The highest BCUT2D eigenvalue weighted by Crippen LogP contribution is 2.26. The number of likely N-dealkylation sites (tertiary alicyclic amines) is 1. The van der Waals surface area contributed by atoms with Crippen molar-refractivity contribution in [2.75, 3.05) is 13.6 Å². The smallest absolute Gasteiger partial charge is 0.355 e. The lowest BCUT2D eigenvalue weighted by Gasteiger charge is -2.25. The molecule has 0 unspecified atom stereocenters. The van der Waals surface area contributed by atoms with Crippen LogP contribution in [0.1, 0.15) is 37.8 Å². The molecule has 1 aliphatic heterocycles. The van der Waals surface area contributed by atoms with Gasteiger partial charge in [0.1, 0.15) is 5.82 Å². The lowest BCUT2D eigenvalue weighted by molar-refractivity contribution is -0.144. The van der Waals surface area contributed by atoms with E-state index in [1.165, 1.54) is 6.92 Å². The highest BCUT2D eigenvalue weighted by atomic mass is 19.4. The first-order chi connectivity index (χ1) is 11.7. The SMILES string of the molecule is CC(=O)NC[C@H]1CC[C@@H](CC(=O)NCc2nc(C(F)(F)F)n[nH]2)N1C. The van der Waals surface area contributed by atoms with E-state index in [0.717, 1.165) is 12.8 Å². The van der Waals surface area contributed by atoms with Crippen LogP contribution in [0.25, 0.3) is 0 Å². The second kappa shape index (κ2) is 7.81. The molecule has 2 amide bonds. The Morgan fingerprint density at radius 2 is 1.96 bits per heavy atom. The van der Waals surface area contributed by atoms with Crippen LogP contribution in [0.15, 0.2) is 0 Å². The molecule has 2 rings (SSSR count). The van der Waals surface area contributed by atoms with Crippen molar-refractivity contribution in [3.05, 3.63) is 11.6 Å². The Balaban J connectivity index is 1.77. The summed E-state index contributed by atoms with van der Waals surface area (Å²) in [4.78, 5) is 28.3. The molecule has 11 heteroatoms. The van der Waals surface area contributed by atoms with E-state index in [1.807, 2.05) is 11.9 Å². The number of rotatable bonds is 6. The van der Waals surface area contributed by atoms with Gasteiger partial charge in [0.05, 0.1) is 6.54 Å². The van der Waals surface area contributed by atoms with Crippen molar-refractivity contribution in [3.8, 4) is 0 Å². The fraction of sp³-hybridized carbons (Fsp3) is 0.714. The second-order valence-corrected chi connectivity index (χ2v) is 6.07. The topological polar surface area (TPSA) is 103 Å². The Bertz CT molecular complexity index is 618. The standard InChI is InChI=1S/C14H21F3N6O2/c1-8(24)18-6-10-4-3-9(23(10)2)5-12(25)19-7-11-20-13(22-21-11)14(15,16)17/h9-10H,3-7H2,1-2H3,(H,18,24)(H,19,25)(H,20,21,22)/t9-,10+/m0/s1. The largest absolute Gasteiger partial charge is 0.453 e. The molecule has 140 valence electrons. The molecule has 8 nitrogen and oxygen atoms in total. The predicted molar refractivity (Wildman–Crippen MR) is 81.1 cm³/mol. The van der Waals surface area contributed by atoms with E-state index in [4.69, 9.17) is 0 Å². The first kappa shape index (κ1) is 19.2. The number of amides is 2. The summed E-state index contributed by atoms with van der Waals surface area (Å²) in [5, 5.41) is 10.5. The molecule has 0 bridgehead atoms. The normalized spacial score (nSPS) is 21.3. The van der Waals surface area contributed by atoms with Crippen molar-refractivity contribution < 1.29 is 22.8 Å². The van der Waals surface area contributed by atoms with Gasteiger partial charge in [-0.25, -0.2) is 4.98 Å². The molecule has 0 saturated carbocycles. The molecule has 1 aliphatic rings. The van der Waals surface area contributed by atoms with E-state index in [0.29, 0.717) is 6.54 Å². The van der Waals surface area contributed by atoms with Crippen LogP contribution in [-0.2, 0) is 22.3 Å². The summed E-state index contributed by atoms with van der Waals surface area (Å²) in [7, 11) is 1.89. The maximum absolute atomic E-state index is 12.4. The molecule has 2 heterocycles. The Morgan fingerprint density at radius 3 is 2.56 bits per heavy atom. The molecular weight excluding hydrogens is 341 g/mol. The molecule has 1 fully saturated rings. The third-order valence-electron chi connectivity index (χ3n) is 4.23. The van der Waals surface area contributed by atoms with E-state index in [-0.39, 0.29) is 42.7 Å². The van der Waals surface area contributed by atoms with Gasteiger partial charge in [-0.1, -0.05) is 0 Å². The summed E-state index contributed by atoms with van der Waals surface area (Å²) in [5.74, 6) is -1.68. The van der Waals surface area contributed by atoms with Crippen molar-refractivity contribution in [2.24, 2.45) is 0 Å². The number of nitrogens with one attached hydrogen (secondary N) is 3. The number of nitrogens with zero attached hydrogens (tertiary/aromatic N) is 3. The van der Waals surface area contributed by atoms with Gasteiger partial charge in [0.2, 0.25) is 11.8 Å². The van der Waals surface area contributed by atoms with Gasteiger partial charge in [-0.15, -0.1) is 5.10 Å². The molecule has 0 aliphatic carbocycles. The minimum absolute atomic E-state index is 0.0271. The van der Waals surface area contributed by atoms with Crippen molar-refractivity contribution >= 4 is 11.8 Å². The molecule has 3 N–H and O–H groups in total. The number of likely N-dealkylation sites (N-methyl/N-ethyl adjacent to an activating group) is 1. The minimum atomic E-state index is -4.62. The maximum Gasteiger partial charge on any atom is 0.453 e. The van der Waals surface area contributed by atoms with Crippen molar-refractivity contribution in [2.45, 2.75) is 51.0 Å². The number of aromatic nitrogens is 3. The molecule has 0 aromatic carbocycles. The zero-order valence-electron chi connectivity index (χ0n) is 14.0. The third-order valence-corrected chi connectivity index (χ3v) is 4.23. The van der Waals surface area contributed by atoms with Gasteiger partial charge in [-0.3, -0.25) is 19.6 Å². The van der Waals surface area contributed by atoms with Crippen LogP contribution < -0.4 is 10.6 Å². The molecule has 0 radical (unpaired) electrons. The van der Waals surface area contributed by atoms with Gasteiger partial charge >= 0.3 is 6.18 Å². The molecule has 2 atom stereocenters. The third kappa shape index (κ3) is 5.41. The van der Waals surface area contributed by atoms with Gasteiger partial charge in [0.15, 0.2) is 0 Å². The van der Waals surface area contributed by atoms with Crippen LogP contribution in [0.3, 0.4) is 0 Å². The Hall–Kier alpha value is -2.17. The summed E-state index contributed by atoms with van der Waals surface area (Å²) in [5.41, 5.74) is 0. The number of aromatic amines is 1. The van der Waals surface area contributed by atoms with Gasteiger partial charge in [-0.05, 0) is 19.9 Å². The molecule has 1 saturated heterocycles. The van der Waals surface area contributed by atoms with Crippen molar-refractivity contribution in [3.63, 3.8) is 0 Å². The van der Waals surface area contributed by atoms with E-state index in [9.17, 15) is 22.8 Å². The van der Waals surface area contributed by atoms with E-state index in [1.54, 1.807) is 0 Å². The molecule has 1 aromatic heterocycles. The Morgan fingerprint density at radius 1 is 1.28 bits per heavy atom. The lowest BCUT2D eigenvalue weighted by atomic mass is 10.1. The highest BCUT2D eigenvalue weighted by Gasteiger charge is 2.36. The summed E-state index contributed by atoms with van der Waals surface area (Å²) in [6.07, 6.45) is -2.71. The van der Waals surface area contributed by atoms with Crippen LogP contribution >= 0.6 is 0 Å². The minimum Gasteiger partial charge on any atom is -0.355 e. The van der Waals surface area contributed by atoms with E-state index < -0.39 is 12.0 Å². The number of halogens is 3. The highest BCUT2D eigenvalue weighted by molar-refractivity contribution is 5.76. The number of hydrogen-bond acceptors (Lipinski definition) is 5. The second-order valence-electron chi connectivity index (χ2n) is 6.07. The van der Waals surface area contributed by atoms with Crippen LogP contribution in [0.2, 0.25) is 0 Å². The van der Waals surface area contributed by atoms with Crippen LogP contribution in [0, 0.1) is 0 Å². The average Bonchev–Trinajstić information content (AvgIpc) is 3.11. The van der Waals surface area contributed by atoms with Gasteiger partial charge in [-0.2, -0.15) is 13.2 Å². The van der Waals surface area contributed by atoms with Crippen LogP contribution in [0.4, 0.5) is 13.2 Å². The van der Waals surface area contributed by atoms with Crippen molar-refractivity contribution in [1.82, 2.24) is 30.7 Å². The van der Waals surface area contributed by atoms with Gasteiger partial charge in [0.25, 0.3) is 5.82 Å².